The number of halogens is 4. The van der Waals surface area contributed by atoms with Gasteiger partial charge in [-0.3, -0.25) is 19.3 Å². The molecule has 1 aromatic carbocycles. The number of anilines is 1. The Balaban J connectivity index is 1.27. The lowest BCUT2D eigenvalue weighted by molar-refractivity contribution is -0.138. The molecule has 1 aromatic heterocycles. The molecule has 0 spiro atoms. The third-order valence-electron chi connectivity index (χ3n) is 6.70. The molecule has 0 N–H and O–H groups in total. The molecule has 5 rings (SSSR count). The molecule has 0 radical (unpaired) electrons. The fraction of sp³-hybridized carbons (Fsp3) is 0.417. The van der Waals surface area contributed by atoms with Crippen LogP contribution in [0.2, 0.25) is 0 Å². The SMILES string of the molecule is O=C(c1cc(F)ccc1C(F)(F)F)N1CCN(c2cnc3c(c2)C(=O)N(CCC2CC2)C3=O)CC1. The van der Waals surface area contributed by atoms with Crippen molar-refractivity contribution in [3.05, 3.63) is 58.7 Å². The number of carbonyl (C=O) groups excluding carboxylic acids is 3. The summed E-state index contributed by atoms with van der Waals surface area (Å²) in [4.78, 5) is 46.7. The lowest BCUT2D eigenvalue weighted by Crippen LogP contribution is -2.49. The van der Waals surface area contributed by atoms with Crippen LogP contribution in [0.1, 0.15) is 56.0 Å². The minimum absolute atomic E-state index is 0.101. The Morgan fingerprint density at radius 2 is 1.74 bits per heavy atom. The Hall–Kier alpha value is -3.50. The van der Waals surface area contributed by atoms with Crippen molar-refractivity contribution in [1.29, 1.82) is 0 Å². The number of benzene rings is 1. The van der Waals surface area contributed by atoms with Crippen LogP contribution in [0, 0.1) is 11.7 Å². The first kappa shape index (κ1) is 23.3. The van der Waals surface area contributed by atoms with Crippen molar-refractivity contribution in [2.45, 2.75) is 25.4 Å². The van der Waals surface area contributed by atoms with E-state index in [1.807, 2.05) is 4.90 Å². The van der Waals surface area contributed by atoms with Gasteiger partial charge < -0.3 is 9.80 Å². The summed E-state index contributed by atoms with van der Waals surface area (Å²) in [6.07, 6.45) is -0.267. The molecule has 184 valence electrons. The fourth-order valence-electron chi connectivity index (χ4n) is 4.53. The maximum absolute atomic E-state index is 13.6. The van der Waals surface area contributed by atoms with E-state index in [9.17, 15) is 31.9 Å². The second-order valence-corrected chi connectivity index (χ2v) is 9.05. The molecule has 1 saturated heterocycles. The summed E-state index contributed by atoms with van der Waals surface area (Å²) < 4.78 is 53.6. The summed E-state index contributed by atoms with van der Waals surface area (Å²) in [7, 11) is 0. The van der Waals surface area contributed by atoms with E-state index in [-0.39, 0.29) is 43.3 Å². The lowest BCUT2D eigenvalue weighted by Gasteiger charge is -2.36. The fourth-order valence-corrected chi connectivity index (χ4v) is 4.53. The summed E-state index contributed by atoms with van der Waals surface area (Å²) in [6, 6.07) is 3.46. The van der Waals surface area contributed by atoms with Gasteiger partial charge in [-0.1, -0.05) is 12.8 Å². The van der Waals surface area contributed by atoms with Gasteiger partial charge >= 0.3 is 6.18 Å². The first-order valence-electron chi connectivity index (χ1n) is 11.4. The van der Waals surface area contributed by atoms with Gasteiger partial charge in [0.1, 0.15) is 11.5 Å². The van der Waals surface area contributed by atoms with E-state index in [1.165, 1.54) is 16.0 Å². The number of alkyl halides is 3. The van der Waals surface area contributed by atoms with Gasteiger partial charge in [-0.15, -0.1) is 0 Å². The van der Waals surface area contributed by atoms with Crippen molar-refractivity contribution in [1.82, 2.24) is 14.8 Å². The Kier molecular flexibility index (Phi) is 5.72. The normalized spacial score (nSPS) is 18.3. The number of carbonyl (C=O) groups is 3. The summed E-state index contributed by atoms with van der Waals surface area (Å²) in [5, 5.41) is 0. The monoisotopic (exact) mass is 490 g/mol. The van der Waals surface area contributed by atoms with Crippen LogP contribution in [-0.2, 0) is 6.18 Å². The number of pyridine rings is 1. The van der Waals surface area contributed by atoms with E-state index in [2.05, 4.69) is 4.98 Å². The van der Waals surface area contributed by atoms with Crippen LogP contribution >= 0.6 is 0 Å². The minimum Gasteiger partial charge on any atom is -0.367 e. The van der Waals surface area contributed by atoms with Crippen molar-refractivity contribution >= 4 is 23.4 Å². The molecule has 2 aliphatic heterocycles. The van der Waals surface area contributed by atoms with E-state index in [0.717, 1.165) is 19.3 Å². The molecule has 0 atom stereocenters. The summed E-state index contributed by atoms with van der Waals surface area (Å²) in [6.45, 7) is 1.12. The Bertz CT molecular complexity index is 1200. The molecular weight excluding hydrogens is 468 g/mol. The average Bonchev–Trinajstić information content (AvgIpc) is 3.63. The van der Waals surface area contributed by atoms with E-state index in [4.69, 9.17) is 0 Å². The number of piperazine rings is 1. The maximum Gasteiger partial charge on any atom is 0.417 e. The molecule has 11 heteroatoms. The van der Waals surface area contributed by atoms with Gasteiger partial charge in [0.05, 0.1) is 28.6 Å². The lowest BCUT2D eigenvalue weighted by atomic mass is 10.0. The number of nitrogens with zero attached hydrogens (tertiary/aromatic N) is 4. The standard InChI is InChI=1S/C24H22F4N4O3/c25-15-3-4-19(24(26,27)28)17(11-15)21(33)31-9-7-30(8-10-31)16-12-18-20(29-13-16)23(35)32(22(18)34)6-5-14-1-2-14/h3-4,11-14H,1-2,5-10H2. The Labute approximate surface area is 198 Å². The number of hydrogen-bond donors (Lipinski definition) is 0. The molecule has 3 aliphatic rings. The predicted molar refractivity (Wildman–Crippen MR) is 116 cm³/mol. The Morgan fingerprint density at radius 3 is 2.40 bits per heavy atom. The van der Waals surface area contributed by atoms with E-state index < -0.39 is 34.9 Å². The largest absolute Gasteiger partial charge is 0.417 e. The number of amides is 3. The van der Waals surface area contributed by atoms with Crippen molar-refractivity contribution in [3.63, 3.8) is 0 Å². The highest BCUT2D eigenvalue weighted by molar-refractivity contribution is 6.20. The van der Waals surface area contributed by atoms with Gasteiger partial charge in [0, 0.05) is 32.7 Å². The number of hydrogen-bond acceptors (Lipinski definition) is 5. The van der Waals surface area contributed by atoms with Gasteiger partial charge in [0.2, 0.25) is 0 Å². The highest BCUT2D eigenvalue weighted by atomic mass is 19.4. The smallest absolute Gasteiger partial charge is 0.367 e. The second kappa shape index (κ2) is 8.62. The van der Waals surface area contributed by atoms with Crippen molar-refractivity contribution < 1.29 is 31.9 Å². The third kappa shape index (κ3) is 4.46. The molecular formula is C24H22F4N4O3. The molecule has 35 heavy (non-hydrogen) atoms. The second-order valence-electron chi connectivity index (χ2n) is 9.05. The number of imide groups is 1. The number of fused-ring (bicyclic) bond motifs is 1. The van der Waals surface area contributed by atoms with Gasteiger partial charge in [0.15, 0.2) is 0 Å². The van der Waals surface area contributed by atoms with Crippen LogP contribution in [0.5, 0.6) is 0 Å². The molecule has 0 bridgehead atoms. The summed E-state index contributed by atoms with van der Waals surface area (Å²) in [5.41, 5.74) is -0.961. The molecule has 2 aromatic rings. The van der Waals surface area contributed by atoms with Crippen molar-refractivity contribution in [2.24, 2.45) is 5.92 Å². The third-order valence-corrected chi connectivity index (χ3v) is 6.70. The average molecular weight is 490 g/mol. The Morgan fingerprint density at radius 1 is 1.03 bits per heavy atom. The van der Waals surface area contributed by atoms with Crippen LogP contribution in [-0.4, -0.2) is 65.2 Å². The van der Waals surface area contributed by atoms with Crippen molar-refractivity contribution in [2.75, 3.05) is 37.6 Å². The zero-order valence-electron chi connectivity index (χ0n) is 18.6. The predicted octanol–water partition coefficient (Wildman–Crippen LogP) is 3.60. The van der Waals surface area contributed by atoms with E-state index >= 15 is 0 Å². The molecule has 3 heterocycles. The first-order valence-corrected chi connectivity index (χ1v) is 11.4. The molecule has 1 saturated carbocycles. The number of rotatable bonds is 5. The van der Waals surface area contributed by atoms with Crippen LogP contribution in [0.4, 0.5) is 23.2 Å². The zero-order valence-corrected chi connectivity index (χ0v) is 18.6. The highest BCUT2D eigenvalue weighted by Crippen LogP contribution is 2.35. The van der Waals surface area contributed by atoms with Gasteiger partial charge in [-0.2, -0.15) is 13.2 Å². The quantitative estimate of drug-likeness (QED) is 0.473. The van der Waals surface area contributed by atoms with Crippen LogP contribution in [0.25, 0.3) is 0 Å². The topological polar surface area (TPSA) is 73.8 Å². The van der Waals surface area contributed by atoms with Crippen LogP contribution < -0.4 is 4.90 Å². The van der Waals surface area contributed by atoms with Crippen LogP contribution in [0.3, 0.4) is 0 Å². The van der Waals surface area contributed by atoms with Crippen molar-refractivity contribution in [3.8, 4) is 0 Å². The number of aromatic nitrogens is 1. The minimum atomic E-state index is -4.78. The van der Waals surface area contributed by atoms with Gasteiger partial charge in [-0.05, 0) is 36.6 Å². The molecule has 0 unspecified atom stereocenters. The summed E-state index contributed by atoms with van der Waals surface area (Å²) in [5.74, 6) is -2.02. The molecule has 3 amide bonds. The summed E-state index contributed by atoms with van der Waals surface area (Å²) >= 11 is 0. The maximum atomic E-state index is 13.6. The molecule has 2 fully saturated rings. The zero-order chi connectivity index (χ0) is 24.9. The molecule has 7 nitrogen and oxygen atoms in total. The van der Waals surface area contributed by atoms with Crippen LogP contribution in [0.15, 0.2) is 30.5 Å². The first-order chi connectivity index (χ1) is 16.6. The van der Waals surface area contributed by atoms with Gasteiger partial charge in [0.25, 0.3) is 17.7 Å². The highest BCUT2D eigenvalue weighted by Gasteiger charge is 2.39. The van der Waals surface area contributed by atoms with E-state index in [1.54, 1.807) is 6.07 Å². The molecule has 1 aliphatic carbocycles. The van der Waals surface area contributed by atoms with Gasteiger partial charge in [-0.25, -0.2) is 9.37 Å². The van der Waals surface area contributed by atoms with E-state index in [0.29, 0.717) is 36.3 Å².